The lowest BCUT2D eigenvalue weighted by molar-refractivity contribution is -0.105. The number of hydrogen-bond donors (Lipinski definition) is 2. The quantitative estimate of drug-likeness (QED) is 0.405. The zero-order valence-electron chi connectivity index (χ0n) is 17.6. The van der Waals surface area contributed by atoms with Gasteiger partial charge in [0.1, 0.15) is 5.82 Å². The van der Waals surface area contributed by atoms with Crippen molar-refractivity contribution >= 4 is 18.3 Å². The van der Waals surface area contributed by atoms with E-state index in [-0.39, 0.29) is 0 Å². The first-order valence-corrected chi connectivity index (χ1v) is 10.3. The maximum Gasteiger partial charge on any atom is 0.212 e. The van der Waals surface area contributed by atoms with Gasteiger partial charge >= 0.3 is 0 Å². The molecule has 1 amide bonds. The van der Waals surface area contributed by atoms with E-state index in [4.69, 9.17) is 0 Å². The van der Waals surface area contributed by atoms with Gasteiger partial charge < -0.3 is 10.6 Å². The molecule has 0 radical (unpaired) electrons. The van der Waals surface area contributed by atoms with Crippen LogP contribution in [-0.2, 0) is 4.79 Å². The summed E-state index contributed by atoms with van der Waals surface area (Å²) in [7, 11) is 0. The molecule has 0 spiro atoms. The van der Waals surface area contributed by atoms with Gasteiger partial charge in [-0.15, -0.1) is 0 Å². The maximum atomic E-state index is 10.6. The molecule has 1 unspecified atom stereocenters. The number of rotatable bonds is 10. The predicted octanol–water partition coefficient (Wildman–Crippen LogP) is 5.69. The third-order valence-corrected chi connectivity index (χ3v) is 4.92. The highest BCUT2D eigenvalue weighted by atomic mass is 16.1. The molecule has 150 valence electrons. The Morgan fingerprint density at radius 1 is 1.29 bits per heavy atom. The number of amides is 1. The Hall–Kier alpha value is -2.62. The van der Waals surface area contributed by atoms with Gasteiger partial charge in [0.15, 0.2) is 0 Å². The molecule has 0 fully saturated rings. The van der Waals surface area contributed by atoms with Crippen molar-refractivity contribution in [2.75, 3.05) is 5.32 Å². The molecule has 2 rings (SSSR count). The molecule has 28 heavy (non-hydrogen) atoms. The molecule has 4 heteroatoms. The minimum absolute atomic E-state index is 0.418. The number of carbonyl (C=O) groups is 1. The van der Waals surface area contributed by atoms with Crippen LogP contribution in [-0.4, -0.2) is 17.4 Å². The van der Waals surface area contributed by atoms with E-state index in [1.165, 1.54) is 29.6 Å². The second-order valence-electron chi connectivity index (χ2n) is 7.30. The zero-order valence-corrected chi connectivity index (χ0v) is 17.6. The largest absolute Gasteiger partial charge is 0.384 e. The molecule has 1 aliphatic rings. The number of aryl methyl sites for hydroxylation is 1. The van der Waals surface area contributed by atoms with Crippen molar-refractivity contribution in [3.8, 4) is 0 Å². The molecule has 0 aliphatic carbocycles. The fraction of sp³-hybridized carbons (Fsp3) is 0.417. The molecule has 0 saturated heterocycles. The molecule has 2 heterocycles. The summed E-state index contributed by atoms with van der Waals surface area (Å²) in [4.78, 5) is 15.0. The van der Waals surface area contributed by atoms with Crippen LogP contribution in [0.3, 0.4) is 0 Å². The highest BCUT2D eigenvalue weighted by molar-refractivity contribution is 5.72. The van der Waals surface area contributed by atoms with Crippen LogP contribution in [0.5, 0.6) is 0 Å². The number of nitrogens with one attached hydrogen (secondary N) is 2. The van der Waals surface area contributed by atoms with E-state index in [9.17, 15) is 4.79 Å². The van der Waals surface area contributed by atoms with Crippen LogP contribution in [0.4, 0.5) is 5.82 Å². The van der Waals surface area contributed by atoms with E-state index in [2.05, 4.69) is 66.9 Å². The average molecular weight is 380 g/mol. The van der Waals surface area contributed by atoms with Crippen molar-refractivity contribution in [2.45, 2.75) is 65.8 Å². The molecule has 4 nitrogen and oxygen atoms in total. The van der Waals surface area contributed by atoms with Crippen LogP contribution in [0, 0.1) is 6.92 Å². The number of anilines is 1. The number of pyridine rings is 1. The Morgan fingerprint density at radius 2 is 2.11 bits per heavy atom. The Bertz CT molecular complexity index is 787. The van der Waals surface area contributed by atoms with Crippen LogP contribution >= 0.6 is 0 Å². The number of dihydropyridines is 1. The molecule has 1 aromatic heterocycles. The second-order valence-corrected chi connectivity index (χ2v) is 7.30. The summed E-state index contributed by atoms with van der Waals surface area (Å²) < 4.78 is 0. The molecule has 0 aromatic carbocycles. The number of hydrogen-bond acceptors (Lipinski definition) is 3. The van der Waals surface area contributed by atoms with E-state index in [1.807, 2.05) is 19.2 Å². The normalized spacial score (nSPS) is 17.1. The summed E-state index contributed by atoms with van der Waals surface area (Å²) in [6, 6.07) is 2.31. The highest BCUT2D eigenvalue weighted by Crippen LogP contribution is 2.27. The minimum atomic E-state index is 0.418. The van der Waals surface area contributed by atoms with Crippen molar-refractivity contribution in [1.29, 1.82) is 0 Å². The molecule has 2 N–H and O–H groups in total. The summed E-state index contributed by atoms with van der Waals surface area (Å²) >= 11 is 0. The smallest absolute Gasteiger partial charge is 0.212 e. The van der Waals surface area contributed by atoms with E-state index in [0.717, 1.165) is 30.4 Å². The monoisotopic (exact) mass is 379 g/mol. The topological polar surface area (TPSA) is 54.0 Å². The lowest BCUT2D eigenvalue weighted by Crippen LogP contribution is -2.26. The first-order valence-electron chi connectivity index (χ1n) is 10.3. The highest BCUT2D eigenvalue weighted by Gasteiger charge is 2.14. The SMILES string of the molecule is CCC/C=C/C(=C\c1cnc(NC=O)cc1C)C1=CNC(CCCC)C=C1C. The van der Waals surface area contributed by atoms with Crippen molar-refractivity contribution in [3.05, 3.63) is 64.5 Å². The van der Waals surface area contributed by atoms with E-state index in [0.29, 0.717) is 18.3 Å². The number of nitrogens with zero attached hydrogens (tertiary/aromatic N) is 1. The first kappa shape index (κ1) is 21.7. The lowest BCUT2D eigenvalue weighted by atomic mass is 9.92. The maximum absolute atomic E-state index is 10.6. The fourth-order valence-corrected chi connectivity index (χ4v) is 3.26. The number of allylic oxidation sites excluding steroid dienone is 5. The summed E-state index contributed by atoms with van der Waals surface area (Å²) in [5.41, 5.74) is 5.82. The summed E-state index contributed by atoms with van der Waals surface area (Å²) in [6.45, 7) is 8.64. The molecule has 1 atom stereocenters. The van der Waals surface area contributed by atoms with Crippen LogP contribution < -0.4 is 10.6 Å². The molecular weight excluding hydrogens is 346 g/mol. The molecular formula is C24H33N3O. The van der Waals surface area contributed by atoms with Gasteiger partial charge in [0.05, 0.1) is 0 Å². The number of unbranched alkanes of at least 4 members (excludes halogenated alkanes) is 2. The minimum Gasteiger partial charge on any atom is -0.384 e. The Morgan fingerprint density at radius 3 is 2.75 bits per heavy atom. The Labute approximate surface area is 169 Å². The second kappa shape index (κ2) is 11.3. The van der Waals surface area contributed by atoms with Crippen LogP contribution in [0.15, 0.2) is 53.4 Å². The average Bonchev–Trinajstić information content (AvgIpc) is 2.68. The van der Waals surface area contributed by atoms with Gasteiger partial charge in [-0.25, -0.2) is 4.98 Å². The van der Waals surface area contributed by atoms with Gasteiger partial charge in [-0.2, -0.15) is 0 Å². The van der Waals surface area contributed by atoms with Gasteiger partial charge in [0.25, 0.3) is 0 Å². The Balaban J connectivity index is 2.32. The van der Waals surface area contributed by atoms with E-state index >= 15 is 0 Å². The Kier molecular flexibility index (Phi) is 8.73. The summed E-state index contributed by atoms with van der Waals surface area (Å²) in [5.74, 6) is 0.570. The van der Waals surface area contributed by atoms with Crippen molar-refractivity contribution in [1.82, 2.24) is 10.3 Å². The standard InChI is InChI=1S/C24H33N3O/c1-5-7-9-10-20(14-21-15-26-24(27-17-28)13-18(21)3)23-16-25-22(11-8-6-2)12-19(23)4/h9-10,12-17,22,25H,5-8,11H2,1-4H3,(H,26,27,28)/b10-9+,20-14+. The van der Waals surface area contributed by atoms with Crippen molar-refractivity contribution in [3.63, 3.8) is 0 Å². The van der Waals surface area contributed by atoms with Gasteiger partial charge in [0.2, 0.25) is 6.41 Å². The van der Waals surface area contributed by atoms with Crippen molar-refractivity contribution in [2.24, 2.45) is 0 Å². The van der Waals surface area contributed by atoms with Crippen LogP contribution in [0.1, 0.15) is 64.0 Å². The molecule has 1 aromatic rings. The lowest BCUT2D eigenvalue weighted by Gasteiger charge is -2.23. The fourth-order valence-electron chi connectivity index (χ4n) is 3.26. The van der Waals surface area contributed by atoms with Gasteiger partial charge in [-0.05, 0) is 61.1 Å². The molecule has 0 bridgehead atoms. The molecule has 1 aliphatic heterocycles. The first-order chi connectivity index (χ1) is 13.6. The van der Waals surface area contributed by atoms with E-state index in [1.54, 1.807) is 0 Å². The third kappa shape index (κ3) is 6.22. The number of aromatic nitrogens is 1. The van der Waals surface area contributed by atoms with Gasteiger partial charge in [0, 0.05) is 24.0 Å². The summed E-state index contributed by atoms with van der Waals surface area (Å²) in [6.07, 6.45) is 19.4. The molecule has 0 saturated carbocycles. The van der Waals surface area contributed by atoms with Crippen molar-refractivity contribution < 1.29 is 4.79 Å². The van der Waals surface area contributed by atoms with Crippen LogP contribution in [0.25, 0.3) is 6.08 Å². The zero-order chi connectivity index (χ0) is 20.4. The summed E-state index contributed by atoms with van der Waals surface area (Å²) in [5, 5.41) is 6.16. The van der Waals surface area contributed by atoms with E-state index < -0.39 is 0 Å². The van der Waals surface area contributed by atoms with Gasteiger partial charge in [-0.3, -0.25) is 4.79 Å². The number of carbonyl (C=O) groups excluding carboxylic acids is 1. The van der Waals surface area contributed by atoms with Gasteiger partial charge in [-0.1, -0.05) is 51.3 Å². The predicted molar refractivity (Wildman–Crippen MR) is 119 cm³/mol. The van der Waals surface area contributed by atoms with Crippen LogP contribution in [0.2, 0.25) is 0 Å². The third-order valence-electron chi connectivity index (χ3n) is 4.92.